The fourth-order valence-electron chi connectivity index (χ4n) is 2.74. The van der Waals surface area contributed by atoms with Crippen molar-refractivity contribution in [2.24, 2.45) is 0 Å². The summed E-state index contributed by atoms with van der Waals surface area (Å²) in [4.78, 5) is 29.4. The third-order valence-corrected chi connectivity index (χ3v) is 3.95. The van der Waals surface area contributed by atoms with E-state index in [4.69, 9.17) is 14.9 Å². The average Bonchev–Trinajstić information content (AvgIpc) is 2.63. The van der Waals surface area contributed by atoms with Crippen LogP contribution in [0.25, 0.3) is 16.7 Å². The number of fused-ring (bicyclic) bond motifs is 2. The van der Waals surface area contributed by atoms with Crippen molar-refractivity contribution >= 4 is 22.6 Å². The Labute approximate surface area is 142 Å². The number of methoxy groups -OCH3 is 2. The quantitative estimate of drug-likeness (QED) is 0.423. The monoisotopic (exact) mass is 342 g/mol. The number of hydrogen-bond donors (Lipinski definition) is 1. The lowest BCUT2D eigenvalue weighted by atomic mass is 10.2. The van der Waals surface area contributed by atoms with Crippen LogP contribution >= 0.6 is 0 Å². The minimum Gasteiger partial charge on any atom is -0.465 e. The highest BCUT2D eigenvalue weighted by atomic mass is 16.5. The second-order valence-electron chi connectivity index (χ2n) is 5.48. The average molecular weight is 342 g/mol. The van der Waals surface area contributed by atoms with Crippen LogP contribution in [0.4, 0.5) is 0 Å². The number of ether oxygens (including phenoxy) is 2. The number of carbonyl (C=O) groups is 1. The molecule has 0 aliphatic carbocycles. The van der Waals surface area contributed by atoms with Crippen molar-refractivity contribution in [2.45, 2.75) is 13.0 Å². The molecule has 0 saturated heterocycles. The van der Waals surface area contributed by atoms with Gasteiger partial charge >= 0.3 is 5.97 Å². The molecule has 3 aromatic rings. The van der Waals surface area contributed by atoms with Crippen molar-refractivity contribution in [2.75, 3.05) is 20.8 Å². The number of carbonyl (C=O) groups excluding carboxylic acids is 1. The summed E-state index contributed by atoms with van der Waals surface area (Å²) in [6, 6.07) is 6.62. The molecule has 0 aliphatic heterocycles. The standard InChI is InChI=1S/C17H18N4O4/c1-24-9-5-8-21-14(18)11(17(23)25-2)10-12-15(21)19-13-6-3-4-7-20(13)16(12)22/h3-4,6-7,10,18H,5,8-9H2,1-2H3. The van der Waals surface area contributed by atoms with E-state index in [1.54, 1.807) is 36.1 Å². The molecule has 8 heteroatoms. The van der Waals surface area contributed by atoms with Gasteiger partial charge in [0.1, 0.15) is 22.3 Å². The number of pyridine rings is 2. The van der Waals surface area contributed by atoms with Crippen LogP contribution in [0.5, 0.6) is 0 Å². The molecule has 25 heavy (non-hydrogen) atoms. The summed E-state index contributed by atoms with van der Waals surface area (Å²) in [5.41, 5.74) is 0.534. The molecule has 0 aromatic carbocycles. The Morgan fingerprint density at radius 3 is 2.84 bits per heavy atom. The zero-order chi connectivity index (χ0) is 18.0. The Balaban J connectivity index is 2.38. The van der Waals surface area contributed by atoms with Crippen molar-refractivity contribution in [1.82, 2.24) is 14.0 Å². The van der Waals surface area contributed by atoms with Gasteiger partial charge in [-0.15, -0.1) is 0 Å². The maximum Gasteiger partial charge on any atom is 0.341 e. The molecule has 3 rings (SSSR count). The number of rotatable bonds is 5. The first-order chi connectivity index (χ1) is 12.1. The van der Waals surface area contributed by atoms with Gasteiger partial charge in [-0.25, -0.2) is 9.78 Å². The van der Waals surface area contributed by atoms with Crippen molar-refractivity contribution in [1.29, 1.82) is 5.41 Å². The van der Waals surface area contributed by atoms with Gasteiger partial charge in [-0.05, 0) is 24.6 Å². The zero-order valence-corrected chi connectivity index (χ0v) is 14.0. The Morgan fingerprint density at radius 2 is 2.12 bits per heavy atom. The molecule has 0 amide bonds. The SMILES string of the molecule is COCCCn1c(=N)c(C(=O)OC)cc2c(=O)n3ccccc3nc21. The lowest BCUT2D eigenvalue weighted by molar-refractivity contribution is 0.0597. The van der Waals surface area contributed by atoms with Crippen LogP contribution in [0.15, 0.2) is 35.3 Å². The van der Waals surface area contributed by atoms with Gasteiger partial charge in [0.25, 0.3) is 5.56 Å². The number of nitrogens with one attached hydrogen (secondary N) is 1. The number of nitrogens with zero attached hydrogens (tertiary/aromatic N) is 3. The third-order valence-electron chi connectivity index (χ3n) is 3.95. The Morgan fingerprint density at radius 1 is 1.32 bits per heavy atom. The summed E-state index contributed by atoms with van der Waals surface area (Å²) in [6.07, 6.45) is 2.23. The Kier molecular flexibility index (Phi) is 4.62. The molecule has 0 fully saturated rings. The topological polar surface area (TPSA) is 98.7 Å². The van der Waals surface area contributed by atoms with Gasteiger partial charge in [0.2, 0.25) is 0 Å². The van der Waals surface area contributed by atoms with Gasteiger partial charge in [0.05, 0.1) is 12.5 Å². The molecule has 8 nitrogen and oxygen atoms in total. The van der Waals surface area contributed by atoms with E-state index < -0.39 is 5.97 Å². The van der Waals surface area contributed by atoms with E-state index in [0.29, 0.717) is 30.9 Å². The predicted octanol–water partition coefficient (Wildman–Crippen LogP) is 0.952. The predicted molar refractivity (Wildman–Crippen MR) is 90.6 cm³/mol. The number of hydrogen-bond acceptors (Lipinski definition) is 6. The summed E-state index contributed by atoms with van der Waals surface area (Å²) in [7, 11) is 2.83. The van der Waals surface area contributed by atoms with E-state index in [9.17, 15) is 9.59 Å². The Hall–Kier alpha value is -3.00. The zero-order valence-electron chi connectivity index (χ0n) is 14.0. The van der Waals surface area contributed by atoms with Gasteiger partial charge in [-0.1, -0.05) is 6.07 Å². The van der Waals surface area contributed by atoms with Crippen LogP contribution in [0.2, 0.25) is 0 Å². The van der Waals surface area contributed by atoms with Crippen LogP contribution in [0.3, 0.4) is 0 Å². The third kappa shape index (κ3) is 2.91. The molecule has 3 aromatic heterocycles. The molecular formula is C17H18N4O4. The minimum atomic E-state index is -0.662. The lowest BCUT2D eigenvalue weighted by Crippen LogP contribution is -2.31. The van der Waals surface area contributed by atoms with Crippen LogP contribution in [-0.4, -0.2) is 40.7 Å². The number of aryl methyl sites for hydroxylation is 1. The number of aromatic nitrogens is 3. The maximum absolute atomic E-state index is 12.8. The normalized spacial score (nSPS) is 11.1. The van der Waals surface area contributed by atoms with E-state index >= 15 is 0 Å². The van der Waals surface area contributed by atoms with Gasteiger partial charge in [0.15, 0.2) is 0 Å². The highest BCUT2D eigenvalue weighted by molar-refractivity contribution is 5.93. The fourth-order valence-corrected chi connectivity index (χ4v) is 2.74. The van der Waals surface area contributed by atoms with Gasteiger partial charge in [-0.2, -0.15) is 0 Å². The first-order valence-corrected chi connectivity index (χ1v) is 7.75. The van der Waals surface area contributed by atoms with E-state index in [-0.39, 0.29) is 22.0 Å². The molecule has 130 valence electrons. The molecular weight excluding hydrogens is 324 g/mol. The maximum atomic E-state index is 12.8. The lowest BCUT2D eigenvalue weighted by Gasteiger charge is -2.13. The largest absolute Gasteiger partial charge is 0.465 e. The van der Waals surface area contributed by atoms with Crippen molar-refractivity contribution < 1.29 is 14.3 Å². The second kappa shape index (κ2) is 6.86. The van der Waals surface area contributed by atoms with Crippen LogP contribution < -0.4 is 11.0 Å². The van der Waals surface area contributed by atoms with E-state index in [2.05, 4.69) is 4.98 Å². The molecule has 0 bridgehead atoms. The van der Waals surface area contributed by atoms with Crippen molar-refractivity contribution in [3.63, 3.8) is 0 Å². The molecule has 0 radical (unpaired) electrons. The molecule has 0 spiro atoms. The van der Waals surface area contributed by atoms with Crippen LogP contribution in [0.1, 0.15) is 16.8 Å². The van der Waals surface area contributed by atoms with Crippen molar-refractivity contribution in [3.8, 4) is 0 Å². The van der Waals surface area contributed by atoms with E-state index in [1.807, 2.05) is 0 Å². The summed E-state index contributed by atoms with van der Waals surface area (Å²) in [5.74, 6) is -0.662. The smallest absolute Gasteiger partial charge is 0.341 e. The minimum absolute atomic E-state index is 0.0298. The second-order valence-corrected chi connectivity index (χ2v) is 5.48. The summed E-state index contributed by atoms with van der Waals surface area (Å²) >= 11 is 0. The molecule has 0 atom stereocenters. The summed E-state index contributed by atoms with van der Waals surface area (Å²) in [6.45, 7) is 0.881. The first-order valence-electron chi connectivity index (χ1n) is 7.75. The van der Waals surface area contributed by atoms with Crippen LogP contribution in [0, 0.1) is 5.41 Å². The van der Waals surface area contributed by atoms with E-state index in [0.717, 1.165) is 0 Å². The number of esters is 1. The molecule has 3 heterocycles. The first kappa shape index (κ1) is 16.8. The van der Waals surface area contributed by atoms with Gasteiger partial charge < -0.3 is 14.0 Å². The van der Waals surface area contributed by atoms with Gasteiger partial charge in [-0.3, -0.25) is 14.6 Å². The molecule has 0 unspecified atom stereocenters. The highest BCUT2D eigenvalue weighted by Crippen LogP contribution is 2.11. The van der Waals surface area contributed by atoms with Crippen LogP contribution in [-0.2, 0) is 16.0 Å². The fraction of sp³-hybridized carbons (Fsp3) is 0.294. The van der Waals surface area contributed by atoms with Crippen molar-refractivity contribution in [3.05, 3.63) is 51.9 Å². The molecule has 1 N–H and O–H groups in total. The summed E-state index contributed by atoms with van der Waals surface area (Å²) in [5, 5.41) is 8.61. The summed E-state index contributed by atoms with van der Waals surface area (Å²) < 4.78 is 12.8. The Bertz CT molecular complexity index is 1070. The molecule has 0 saturated carbocycles. The molecule has 0 aliphatic rings. The van der Waals surface area contributed by atoms with Gasteiger partial charge in [0, 0.05) is 26.5 Å². The highest BCUT2D eigenvalue weighted by Gasteiger charge is 2.17. The van der Waals surface area contributed by atoms with E-state index in [1.165, 1.54) is 17.6 Å².